The zero-order chi connectivity index (χ0) is 27.0. The number of sulfonamides is 1. The number of rotatable bonds is 7. The van der Waals surface area contributed by atoms with Gasteiger partial charge in [-0.05, 0) is 38.5 Å². The van der Waals surface area contributed by atoms with Crippen molar-refractivity contribution < 1.29 is 37.4 Å². The summed E-state index contributed by atoms with van der Waals surface area (Å²) in [4.78, 5) is 51.1. The molecule has 0 spiro atoms. The van der Waals surface area contributed by atoms with Crippen molar-refractivity contribution in [2.24, 2.45) is 0 Å². The number of nitrogens with one attached hydrogen (secondary N) is 3. The fraction of sp³-hybridized carbons (Fsp3) is 0.429. The van der Waals surface area contributed by atoms with Crippen molar-refractivity contribution in [3.05, 3.63) is 40.6 Å². The number of carboxylic acids is 1. The normalized spacial score (nSPS) is 20.6. The van der Waals surface area contributed by atoms with Crippen molar-refractivity contribution in [2.45, 2.75) is 43.8 Å². The summed E-state index contributed by atoms with van der Waals surface area (Å²) in [6.07, 6.45) is 0.0469. The first-order valence-electron chi connectivity index (χ1n) is 10.5. The number of anilines is 1. The first kappa shape index (κ1) is 27.6. The van der Waals surface area contributed by atoms with Crippen LogP contribution < -0.4 is 15.4 Å². The molecule has 3 atom stereocenters. The van der Waals surface area contributed by atoms with Crippen molar-refractivity contribution >= 4 is 63.0 Å². The molecule has 2 aliphatic heterocycles. The van der Waals surface area contributed by atoms with Gasteiger partial charge in [0, 0.05) is 11.4 Å². The van der Waals surface area contributed by atoms with Gasteiger partial charge in [0.15, 0.2) is 0 Å². The number of β-lactam (4-membered cyclic amide) rings is 1. The molecule has 2 aliphatic rings. The number of fused-ring (bicyclic) bond motifs is 1. The van der Waals surface area contributed by atoms with Gasteiger partial charge in [0.05, 0.1) is 11.3 Å². The Kier molecular flexibility index (Phi) is 7.81. The molecule has 36 heavy (non-hydrogen) atoms. The maximum absolute atomic E-state index is 13.3. The molecule has 0 aliphatic carbocycles. The zero-order valence-corrected chi connectivity index (χ0v) is 22.1. The number of benzene rings is 1. The first-order chi connectivity index (χ1) is 16.6. The minimum Gasteiger partial charge on any atom is -0.477 e. The molecule has 0 radical (unpaired) electrons. The van der Waals surface area contributed by atoms with Crippen LogP contribution in [0.4, 0.5) is 10.5 Å². The van der Waals surface area contributed by atoms with Crippen LogP contribution in [-0.2, 0) is 29.1 Å². The van der Waals surface area contributed by atoms with E-state index in [2.05, 4.69) is 15.4 Å². The summed E-state index contributed by atoms with van der Waals surface area (Å²) in [5, 5.41) is 13.7. The van der Waals surface area contributed by atoms with Crippen LogP contribution in [0.3, 0.4) is 0 Å². The fourth-order valence-corrected chi connectivity index (χ4v) is 5.65. The fourth-order valence-electron chi connectivity index (χ4n) is 3.54. The van der Waals surface area contributed by atoms with E-state index in [1.165, 1.54) is 36.0 Å². The van der Waals surface area contributed by atoms with Gasteiger partial charge in [0.2, 0.25) is 15.9 Å². The molecule has 1 unspecified atom stereocenters. The molecule has 4 N–H and O–H groups in total. The Hall–Kier alpha value is -2.97. The maximum Gasteiger partial charge on any atom is 0.408 e. The summed E-state index contributed by atoms with van der Waals surface area (Å²) >= 11 is 7.16. The van der Waals surface area contributed by atoms with E-state index < -0.39 is 57.0 Å². The van der Waals surface area contributed by atoms with E-state index in [1.54, 1.807) is 20.8 Å². The van der Waals surface area contributed by atoms with E-state index in [-0.39, 0.29) is 27.7 Å². The van der Waals surface area contributed by atoms with Crippen LogP contribution in [0, 0.1) is 0 Å². The van der Waals surface area contributed by atoms with E-state index in [0.717, 1.165) is 11.2 Å². The van der Waals surface area contributed by atoms with Crippen molar-refractivity contribution in [1.29, 1.82) is 0 Å². The van der Waals surface area contributed by atoms with Gasteiger partial charge in [-0.15, -0.1) is 11.8 Å². The number of nitrogens with zero attached hydrogens (tertiary/aromatic N) is 1. The second-order valence-electron chi connectivity index (χ2n) is 9.03. The highest BCUT2D eigenvalue weighted by atomic mass is 35.5. The second-order valence-corrected chi connectivity index (χ2v) is 12.3. The minimum absolute atomic E-state index is 0.0153. The average Bonchev–Trinajstić information content (AvgIpc) is 2.73. The third-order valence-corrected chi connectivity index (χ3v) is 7.23. The lowest BCUT2D eigenvalue weighted by Crippen LogP contribution is -2.71. The Morgan fingerprint density at radius 3 is 2.53 bits per heavy atom. The number of carboxylic acid groups (broad SMARTS) is 1. The molecule has 196 valence electrons. The van der Waals surface area contributed by atoms with Gasteiger partial charge >= 0.3 is 12.1 Å². The smallest absolute Gasteiger partial charge is 0.408 e. The van der Waals surface area contributed by atoms with Crippen LogP contribution in [-0.4, -0.2) is 71.3 Å². The standard InChI is InChI=1S/C21H25ClN4O8S2/c1-21(2,3)34-20(31)24-13(10-6-5-7-11(8-10)25-36(4,32)33)16(27)23-14-17(28)26-15(19(29)30)12(22)9-35-18(14)26/h5-8,13-14,18,25H,9H2,1-4H3,(H,23,27)(H,24,31)(H,29,30)/t13?,14-,18+/m1/s1. The Morgan fingerprint density at radius 1 is 1.28 bits per heavy atom. The van der Waals surface area contributed by atoms with Gasteiger partial charge in [-0.2, -0.15) is 0 Å². The molecule has 0 aromatic heterocycles. The number of carbonyl (C=O) groups excluding carboxylic acids is 3. The number of hydrogen-bond acceptors (Lipinski definition) is 8. The van der Waals surface area contributed by atoms with Crippen LogP contribution in [0.5, 0.6) is 0 Å². The third-order valence-electron chi connectivity index (χ3n) is 4.87. The lowest BCUT2D eigenvalue weighted by molar-refractivity contribution is -0.150. The largest absolute Gasteiger partial charge is 0.477 e. The molecule has 2 heterocycles. The summed E-state index contributed by atoms with van der Waals surface area (Å²) in [6.45, 7) is 4.91. The van der Waals surface area contributed by atoms with Gasteiger partial charge in [0.25, 0.3) is 5.91 Å². The first-order valence-corrected chi connectivity index (χ1v) is 13.8. The minimum atomic E-state index is -3.62. The van der Waals surface area contributed by atoms with E-state index in [0.29, 0.717) is 0 Å². The Bertz CT molecular complexity index is 1240. The molecule has 1 aromatic carbocycles. The lowest BCUT2D eigenvalue weighted by Gasteiger charge is -2.49. The summed E-state index contributed by atoms with van der Waals surface area (Å²) in [6, 6.07) is 3.36. The van der Waals surface area contributed by atoms with Crippen molar-refractivity contribution in [1.82, 2.24) is 15.5 Å². The van der Waals surface area contributed by atoms with Crippen LogP contribution in [0.15, 0.2) is 35.0 Å². The third kappa shape index (κ3) is 6.42. The van der Waals surface area contributed by atoms with Crippen LogP contribution in [0.1, 0.15) is 32.4 Å². The number of alkyl carbamates (subject to hydrolysis) is 1. The van der Waals surface area contributed by atoms with Crippen LogP contribution in [0.2, 0.25) is 0 Å². The lowest BCUT2D eigenvalue weighted by atomic mass is 10.0. The Morgan fingerprint density at radius 2 is 1.94 bits per heavy atom. The molecule has 1 saturated heterocycles. The summed E-state index contributed by atoms with van der Waals surface area (Å²) in [7, 11) is -3.62. The maximum atomic E-state index is 13.3. The Labute approximate surface area is 216 Å². The van der Waals surface area contributed by atoms with Crippen LogP contribution >= 0.6 is 23.4 Å². The molecular formula is C21H25ClN4O8S2. The van der Waals surface area contributed by atoms with Gasteiger partial charge in [0.1, 0.15) is 28.8 Å². The summed E-state index contributed by atoms with van der Waals surface area (Å²) in [5.41, 5.74) is -0.842. The number of amides is 3. The van der Waals surface area contributed by atoms with Gasteiger partial charge < -0.3 is 20.5 Å². The SMILES string of the molecule is CC(C)(C)OC(=O)NC(C(=O)N[C@@H]1C(=O)N2C(C(=O)O)=C(Cl)CS[C@@H]12)c1cccc(NS(C)(=O)=O)c1. The highest BCUT2D eigenvalue weighted by Crippen LogP contribution is 2.41. The van der Waals surface area contributed by atoms with Gasteiger partial charge in [-0.1, -0.05) is 23.7 Å². The monoisotopic (exact) mass is 560 g/mol. The summed E-state index contributed by atoms with van der Waals surface area (Å²) in [5.74, 6) is -2.67. The molecule has 12 nitrogen and oxygen atoms in total. The number of halogens is 1. The van der Waals surface area contributed by atoms with Crippen molar-refractivity contribution in [2.75, 3.05) is 16.7 Å². The van der Waals surface area contributed by atoms with E-state index in [1.807, 2.05) is 0 Å². The Balaban J connectivity index is 1.86. The molecule has 3 amide bonds. The van der Waals surface area contributed by atoms with Gasteiger partial charge in [-0.25, -0.2) is 18.0 Å². The molecule has 1 aromatic rings. The molecular weight excluding hydrogens is 536 g/mol. The molecule has 15 heteroatoms. The van der Waals surface area contributed by atoms with Crippen molar-refractivity contribution in [3.63, 3.8) is 0 Å². The van der Waals surface area contributed by atoms with Crippen LogP contribution in [0.25, 0.3) is 0 Å². The number of ether oxygens (including phenoxy) is 1. The molecule has 0 saturated carbocycles. The molecule has 1 fully saturated rings. The quantitative estimate of drug-likeness (QED) is 0.361. The highest BCUT2D eigenvalue weighted by molar-refractivity contribution is 8.00. The second kappa shape index (κ2) is 10.2. The molecule has 0 bridgehead atoms. The zero-order valence-electron chi connectivity index (χ0n) is 19.7. The topological polar surface area (TPSA) is 171 Å². The molecule has 3 rings (SSSR count). The number of carbonyl (C=O) groups is 4. The van der Waals surface area contributed by atoms with Gasteiger partial charge in [-0.3, -0.25) is 19.2 Å². The number of aliphatic carboxylic acids is 1. The van der Waals surface area contributed by atoms with E-state index >= 15 is 0 Å². The highest BCUT2D eigenvalue weighted by Gasteiger charge is 2.54. The van der Waals surface area contributed by atoms with E-state index in [9.17, 15) is 32.7 Å². The van der Waals surface area contributed by atoms with E-state index in [4.69, 9.17) is 16.3 Å². The average molecular weight is 561 g/mol. The predicted molar refractivity (Wildman–Crippen MR) is 133 cm³/mol. The number of hydrogen-bond donors (Lipinski definition) is 4. The number of thioether (sulfide) groups is 1. The predicted octanol–water partition coefficient (Wildman–Crippen LogP) is 1.56. The van der Waals surface area contributed by atoms with Crippen molar-refractivity contribution in [3.8, 4) is 0 Å². The summed E-state index contributed by atoms with van der Waals surface area (Å²) < 4.78 is 30.8.